The fourth-order valence-corrected chi connectivity index (χ4v) is 2.56. The van der Waals surface area contributed by atoms with E-state index >= 15 is 0 Å². The molecule has 19 heavy (non-hydrogen) atoms. The van der Waals surface area contributed by atoms with Gasteiger partial charge in [0.2, 0.25) is 5.91 Å². The van der Waals surface area contributed by atoms with Crippen LogP contribution in [0.4, 0.5) is 0 Å². The van der Waals surface area contributed by atoms with Crippen molar-refractivity contribution >= 4 is 11.9 Å². The number of aliphatic carboxylic acids is 1. The monoisotopic (exact) mass is 262 g/mol. The fourth-order valence-electron chi connectivity index (χ4n) is 2.56. The molecule has 1 fully saturated rings. The van der Waals surface area contributed by atoms with Crippen molar-refractivity contribution in [3.8, 4) is 0 Å². The van der Waals surface area contributed by atoms with Crippen LogP contribution < -0.4 is 5.73 Å². The number of carbonyl (C=O) groups excluding carboxylic acids is 1. The van der Waals surface area contributed by atoms with Crippen LogP contribution >= 0.6 is 0 Å². The van der Waals surface area contributed by atoms with Crippen molar-refractivity contribution in [2.75, 3.05) is 6.54 Å². The fraction of sp³-hybridized carbons (Fsp3) is 0.429. The van der Waals surface area contributed by atoms with Crippen molar-refractivity contribution in [2.24, 2.45) is 11.7 Å². The van der Waals surface area contributed by atoms with Crippen molar-refractivity contribution in [2.45, 2.75) is 25.4 Å². The number of amides is 1. The minimum Gasteiger partial charge on any atom is -0.481 e. The summed E-state index contributed by atoms with van der Waals surface area (Å²) in [5.41, 5.74) is 6.71. The Labute approximate surface area is 112 Å². The van der Waals surface area contributed by atoms with Crippen molar-refractivity contribution in [1.29, 1.82) is 0 Å². The second-order valence-corrected chi connectivity index (χ2v) is 4.89. The van der Waals surface area contributed by atoms with Gasteiger partial charge in [-0.25, -0.2) is 0 Å². The van der Waals surface area contributed by atoms with Crippen molar-refractivity contribution < 1.29 is 14.7 Å². The predicted octanol–water partition coefficient (Wildman–Crippen LogP) is 1.01. The van der Waals surface area contributed by atoms with E-state index in [2.05, 4.69) is 0 Å². The summed E-state index contributed by atoms with van der Waals surface area (Å²) in [6.07, 6.45) is 0.490. The van der Waals surface area contributed by atoms with Gasteiger partial charge in [0.25, 0.3) is 0 Å². The number of likely N-dealkylation sites (tertiary alicyclic amines) is 1. The largest absolute Gasteiger partial charge is 0.481 e. The summed E-state index contributed by atoms with van der Waals surface area (Å²) in [5.74, 6) is -1.55. The van der Waals surface area contributed by atoms with Crippen molar-refractivity contribution in [3.63, 3.8) is 0 Å². The van der Waals surface area contributed by atoms with E-state index in [-0.39, 0.29) is 11.9 Å². The van der Waals surface area contributed by atoms with Crippen LogP contribution in [0.3, 0.4) is 0 Å². The first-order chi connectivity index (χ1) is 9.02. The highest BCUT2D eigenvalue weighted by atomic mass is 16.4. The minimum atomic E-state index is -0.851. The lowest BCUT2D eigenvalue weighted by atomic mass is 10.0. The van der Waals surface area contributed by atoms with Gasteiger partial charge >= 0.3 is 5.97 Å². The van der Waals surface area contributed by atoms with Crippen molar-refractivity contribution in [3.05, 3.63) is 35.9 Å². The zero-order valence-corrected chi connectivity index (χ0v) is 10.8. The quantitative estimate of drug-likeness (QED) is 0.851. The Hall–Kier alpha value is -1.88. The molecule has 0 bridgehead atoms. The SMILES string of the molecule is CC1C(C(=O)O)CCN1C(=O)C(N)c1ccccc1. The Kier molecular flexibility index (Phi) is 3.85. The van der Waals surface area contributed by atoms with E-state index in [4.69, 9.17) is 10.8 Å². The lowest BCUT2D eigenvalue weighted by Crippen LogP contribution is -2.42. The van der Waals surface area contributed by atoms with Crippen LogP contribution in [-0.4, -0.2) is 34.5 Å². The molecule has 3 N–H and O–H groups in total. The van der Waals surface area contributed by atoms with Gasteiger partial charge in [-0.1, -0.05) is 30.3 Å². The second kappa shape index (κ2) is 5.40. The summed E-state index contributed by atoms with van der Waals surface area (Å²) in [5, 5.41) is 9.07. The van der Waals surface area contributed by atoms with Crippen LogP contribution in [0.1, 0.15) is 24.9 Å². The third-order valence-electron chi connectivity index (χ3n) is 3.78. The van der Waals surface area contributed by atoms with Gasteiger partial charge in [-0.2, -0.15) is 0 Å². The van der Waals surface area contributed by atoms with Gasteiger partial charge in [0.1, 0.15) is 6.04 Å². The maximum absolute atomic E-state index is 12.3. The molecule has 1 amide bonds. The van der Waals surface area contributed by atoms with Crippen LogP contribution in [0.25, 0.3) is 0 Å². The normalized spacial score (nSPS) is 24.2. The van der Waals surface area contributed by atoms with E-state index < -0.39 is 17.9 Å². The van der Waals surface area contributed by atoms with E-state index in [1.54, 1.807) is 24.0 Å². The molecule has 1 saturated heterocycles. The lowest BCUT2D eigenvalue weighted by molar-refractivity contribution is -0.143. The molecule has 0 saturated carbocycles. The van der Waals surface area contributed by atoms with E-state index in [9.17, 15) is 9.59 Å². The summed E-state index contributed by atoms with van der Waals surface area (Å²) in [6.45, 7) is 2.22. The highest BCUT2D eigenvalue weighted by Crippen LogP contribution is 2.27. The first-order valence-electron chi connectivity index (χ1n) is 6.36. The molecule has 2 rings (SSSR count). The highest BCUT2D eigenvalue weighted by molar-refractivity contribution is 5.84. The predicted molar refractivity (Wildman–Crippen MR) is 70.3 cm³/mol. The van der Waals surface area contributed by atoms with Crippen LogP contribution in [0.2, 0.25) is 0 Å². The Bertz CT molecular complexity index is 475. The Morgan fingerprint density at radius 3 is 2.53 bits per heavy atom. The number of carboxylic acid groups (broad SMARTS) is 1. The summed E-state index contributed by atoms with van der Waals surface area (Å²) >= 11 is 0. The third kappa shape index (κ3) is 2.61. The highest BCUT2D eigenvalue weighted by Gasteiger charge is 2.39. The average molecular weight is 262 g/mol. The summed E-state index contributed by atoms with van der Waals surface area (Å²) in [6, 6.07) is 8.09. The molecular formula is C14H18N2O3. The maximum Gasteiger partial charge on any atom is 0.308 e. The molecule has 1 aliphatic rings. The Balaban J connectivity index is 2.11. The number of nitrogens with zero attached hydrogens (tertiary/aromatic N) is 1. The van der Waals surface area contributed by atoms with Gasteiger partial charge in [0.05, 0.1) is 5.92 Å². The number of rotatable bonds is 3. The molecular weight excluding hydrogens is 244 g/mol. The number of hydrogen-bond acceptors (Lipinski definition) is 3. The first kappa shape index (κ1) is 13.5. The Morgan fingerprint density at radius 1 is 1.37 bits per heavy atom. The van der Waals surface area contributed by atoms with E-state index in [0.29, 0.717) is 13.0 Å². The van der Waals surface area contributed by atoms with E-state index in [0.717, 1.165) is 5.56 Å². The van der Waals surface area contributed by atoms with Crippen LogP contribution in [0, 0.1) is 5.92 Å². The first-order valence-corrected chi connectivity index (χ1v) is 6.36. The maximum atomic E-state index is 12.3. The average Bonchev–Trinajstić information content (AvgIpc) is 2.80. The van der Waals surface area contributed by atoms with Crippen molar-refractivity contribution in [1.82, 2.24) is 4.90 Å². The van der Waals surface area contributed by atoms with Crippen LogP contribution in [0.5, 0.6) is 0 Å². The van der Waals surface area contributed by atoms with Gasteiger partial charge in [0, 0.05) is 12.6 Å². The number of carbonyl (C=O) groups is 2. The molecule has 3 unspecified atom stereocenters. The third-order valence-corrected chi connectivity index (χ3v) is 3.78. The lowest BCUT2D eigenvalue weighted by Gasteiger charge is -2.26. The van der Waals surface area contributed by atoms with Crippen LogP contribution in [-0.2, 0) is 9.59 Å². The van der Waals surface area contributed by atoms with E-state index in [1.165, 1.54) is 0 Å². The molecule has 1 aromatic rings. The molecule has 0 spiro atoms. The van der Waals surface area contributed by atoms with Crippen LogP contribution in [0.15, 0.2) is 30.3 Å². The number of nitrogens with two attached hydrogens (primary N) is 1. The van der Waals surface area contributed by atoms with Gasteiger partial charge < -0.3 is 15.7 Å². The standard InChI is InChI=1S/C14H18N2O3/c1-9-11(14(18)19)7-8-16(9)13(17)12(15)10-5-3-2-4-6-10/h2-6,9,11-12H,7-8,15H2,1H3,(H,18,19). The Morgan fingerprint density at radius 2 is 2.00 bits per heavy atom. The smallest absolute Gasteiger partial charge is 0.308 e. The molecule has 5 heteroatoms. The van der Waals surface area contributed by atoms with Gasteiger partial charge in [-0.15, -0.1) is 0 Å². The zero-order valence-electron chi connectivity index (χ0n) is 10.8. The molecule has 3 atom stereocenters. The molecule has 0 radical (unpaired) electrons. The van der Waals surface area contributed by atoms with Gasteiger partial charge in [-0.05, 0) is 18.9 Å². The molecule has 1 heterocycles. The minimum absolute atomic E-state index is 0.206. The molecule has 5 nitrogen and oxygen atoms in total. The second-order valence-electron chi connectivity index (χ2n) is 4.89. The van der Waals surface area contributed by atoms with E-state index in [1.807, 2.05) is 18.2 Å². The summed E-state index contributed by atoms with van der Waals surface area (Å²) in [4.78, 5) is 25.0. The van der Waals surface area contributed by atoms with Gasteiger partial charge in [-0.3, -0.25) is 9.59 Å². The molecule has 1 aliphatic heterocycles. The number of benzene rings is 1. The number of carboxylic acids is 1. The molecule has 0 aromatic heterocycles. The summed E-state index contributed by atoms with van der Waals surface area (Å²) in [7, 11) is 0. The zero-order chi connectivity index (χ0) is 14.0. The molecule has 0 aliphatic carbocycles. The molecule has 1 aromatic carbocycles. The topological polar surface area (TPSA) is 83.6 Å². The van der Waals surface area contributed by atoms with Gasteiger partial charge in [0.15, 0.2) is 0 Å². The number of hydrogen-bond donors (Lipinski definition) is 2. The molecule has 102 valence electrons. The summed E-state index contributed by atoms with van der Waals surface area (Å²) < 4.78 is 0.